The maximum atomic E-state index is 5.62. The quantitative estimate of drug-likeness (QED) is 0.615. The molecule has 0 fully saturated rings. The molecule has 0 saturated carbocycles. The van der Waals surface area contributed by atoms with E-state index < -0.39 is 0 Å². The first kappa shape index (κ1) is 11.2. The summed E-state index contributed by atoms with van der Waals surface area (Å²) in [5.41, 5.74) is 8.77. The van der Waals surface area contributed by atoms with Crippen LogP contribution in [0.15, 0.2) is 66.7 Å². The number of nitrogens with two attached hydrogens (primary N) is 1. The average Bonchev–Trinajstić information content (AvgIpc) is 2.38. The standard InChI is InChI=1S/C16H15N/c17-16-12-10-15(11-13-16)9-5-4-8-14-6-2-1-3-7-14/h1-13H,17H2/b8-4+,9-5-. The lowest BCUT2D eigenvalue weighted by atomic mass is 10.2. The Kier molecular flexibility index (Phi) is 3.77. The zero-order valence-electron chi connectivity index (χ0n) is 9.58. The molecule has 1 heteroatoms. The molecular formula is C16H15N. The highest BCUT2D eigenvalue weighted by atomic mass is 14.5. The predicted molar refractivity (Wildman–Crippen MR) is 75.4 cm³/mol. The van der Waals surface area contributed by atoms with Gasteiger partial charge in [0.05, 0.1) is 0 Å². The second-order valence-electron chi connectivity index (χ2n) is 3.80. The summed E-state index contributed by atoms with van der Waals surface area (Å²) in [6, 6.07) is 18.0. The van der Waals surface area contributed by atoms with Gasteiger partial charge in [0.15, 0.2) is 0 Å². The highest BCUT2D eigenvalue weighted by Crippen LogP contribution is 2.07. The van der Waals surface area contributed by atoms with Crippen LogP contribution < -0.4 is 5.73 Å². The van der Waals surface area contributed by atoms with Crippen molar-refractivity contribution in [2.75, 3.05) is 5.73 Å². The van der Waals surface area contributed by atoms with Gasteiger partial charge in [0.25, 0.3) is 0 Å². The zero-order valence-corrected chi connectivity index (χ0v) is 9.58. The molecule has 0 bridgehead atoms. The first-order valence-corrected chi connectivity index (χ1v) is 5.60. The number of hydrogen-bond donors (Lipinski definition) is 1. The number of allylic oxidation sites excluding steroid dienone is 2. The fourth-order valence-corrected chi connectivity index (χ4v) is 1.50. The van der Waals surface area contributed by atoms with E-state index in [0.29, 0.717) is 0 Å². The first-order valence-electron chi connectivity index (χ1n) is 5.60. The van der Waals surface area contributed by atoms with Crippen molar-refractivity contribution in [2.45, 2.75) is 0 Å². The van der Waals surface area contributed by atoms with Crippen LogP contribution in [0.25, 0.3) is 12.2 Å². The molecule has 84 valence electrons. The number of anilines is 1. The van der Waals surface area contributed by atoms with Crippen molar-refractivity contribution in [2.24, 2.45) is 0 Å². The summed E-state index contributed by atoms with van der Waals surface area (Å²) in [4.78, 5) is 0. The number of nitrogen functional groups attached to an aromatic ring is 1. The topological polar surface area (TPSA) is 26.0 Å². The van der Waals surface area contributed by atoms with Gasteiger partial charge in [0, 0.05) is 5.69 Å². The van der Waals surface area contributed by atoms with Gasteiger partial charge >= 0.3 is 0 Å². The van der Waals surface area contributed by atoms with E-state index in [2.05, 4.69) is 24.3 Å². The molecule has 0 heterocycles. The van der Waals surface area contributed by atoms with E-state index >= 15 is 0 Å². The number of hydrogen-bond acceptors (Lipinski definition) is 1. The van der Waals surface area contributed by atoms with Crippen LogP contribution in [0.5, 0.6) is 0 Å². The Balaban J connectivity index is 1.98. The molecule has 0 amide bonds. The normalized spacial score (nSPS) is 11.3. The Morgan fingerprint density at radius 3 is 1.76 bits per heavy atom. The molecule has 0 saturated heterocycles. The van der Waals surface area contributed by atoms with E-state index in [4.69, 9.17) is 5.73 Å². The molecule has 0 aliphatic carbocycles. The summed E-state index contributed by atoms with van der Waals surface area (Å²) >= 11 is 0. The van der Waals surface area contributed by atoms with Crippen LogP contribution in [-0.4, -0.2) is 0 Å². The largest absolute Gasteiger partial charge is 0.399 e. The summed E-state index contributed by atoms with van der Waals surface area (Å²) in [5.74, 6) is 0. The third-order valence-corrected chi connectivity index (χ3v) is 2.42. The minimum Gasteiger partial charge on any atom is -0.399 e. The number of rotatable bonds is 3. The molecule has 0 unspecified atom stereocenters. The van der Waals surface area contributed by atoms with Gasteiger partial charge in [-0.3, -0.25) is 0 Å². The fourth-order valence-electron chi connectivity index (χ4n) is 1.50. The minimum atomic E-state index is 0.793. The van der Waals surface area contributed by atoms with Crippen LogP contribution in [-0.2, 0) is 0 Å². The Labute approximate surface area is 102 Å². The summed E-state index contributed by atoms with van der Waals surface area (Å²) in [7, 11) is 0. The maximum absolute atomic E-state index is 5.62. The Morgan fingerprint density at radius 1 is 0.647 bits per heavy atom. The second kappa shape index (κ2) is 5.71. The summed E-state index contributed by atoms with van der Waals surface area (Å²) in [6.07, 6.45) is 8.19. The molecule has 0 aliphatic rings. The van der Waals surface area contributed by atoms with Crippen molar-refractivity contribution in [1.29, 1.82) is 0 Å². The van der Waals surface area contributed by atoms with Crippen molar-refractivity contribution >= 4 is 17.8 Å². The lowest BCUT2D eigenvalue weighted by Crippen LogP contribution is -1.82. The summed E-state index contributed by atoms with van der Waals surface area (Å²) in [6.45, 7) is 0. The molecule has 2 rings (SSSR count). The lowest BCUT2D eigenvalue weighted by molar-refractivity contribution is 1.64. The van der Waals surface area contributed by atoms with Crippen LogP contribution in [0, 0.1) is 0 Å². The van der Waals surface area contributed by atoms with Crippen LogP contribution in [0.4, 0.5) is 5.69 Å². The Morgan fingerprint density at radius 2 is 1.18 bits per heavy atom. The average molecular weight is 221 g/mol. The Bertz CT molecular complexity index is 507. The molecule has 0 aromatic heterocycles. The predicted octanol–water partition coefficient (Wildman–Crippen LogP) is 4.00. The summed E-state index contributed by atoms with van der Waals surface area (Å²) in [5, 5.41) is 0. The molecule has 2 aromatic rings. The van der Waals surface area contributed by atoms with Gasteiger partial charge in [-0.05, 0) is 23.3 Å². The van der Waals surface area contributed by atoms with Crippen molar-refractivity contribution in [3.05, 3.63) is 77.9 Å². The number of benzene rings is 2. The van der Waals surface area contributed by atoms with Crippen LogP contribution in [0.1, 0.15) is 11.1 Å². The van der Waals surface area contributed by atoms with Crippen LogP contribution in [0.2, 0.25) is 0 Å². The molecule has 0 aliphatic heterocycles. The first-order chi connectivity index (χ1) is 8.34. The van der Waals surface area contributed by atoms with Gasteiger partial charge in [-0.1, -0.05) is 66.8 Å². The Hall–Kier alpha value is -2.28. The van der Waals surface area contributed by atoms with E-state index in [1.54, 1.807) is 0 Å². The SMILES string of the molecule is Nc1ccc(/C=C\C=C\c2ccccc2)cc1. The van der Waals surface area contributed by atoms with E-state index in [1.807, 2.05) is 54.6 Å². The third kappa shape index (κ3) is 3.65. The van der Waals surface area contributed by atoms with Crippen LogP contribution >= 0.6 is 0 Å². The van der Waals surface area contributed by atoms with E-state index in [9.17, 15) is 0 Å². The highest BCUT2D eigenvalue weighted by Gasteiger charge is 1.85. The van der Waals surface area contributed by atoms with Gasteiger partial charge < -0.3 is 5.73 Å². The van der Waals surface area contributed by atoms with E-state index in [0.717, 1.165) is 11.3 Å². The molecule has 2 aromatic carbocycles. The van der Waals surface area contributed by atoms with Gasteiger partial charge in [-0.15, -0.1) is 0 Å². The van der Waals surface area contributed by atoms with Gasteiger partial charge in [0.2, 0.25) is 0 Å². The van der Waals surface area contributed by atoms with Crippen molar-refractivity contribution in [3.63, 3.8) is 0 Å². The second-order valence-corrected chi connectivity index (χ2v) is 3.80. The third-order valence-electron chi connectivity index (χ3n) is 2.42. The molecule has 0 spiro atoms. The van der Waals surface area contributed by atoms with E-state index in [-0.39, 0.29) is 0 Å². The lowest BCUT2D eigenvalue weighted by Gasteiger charge is -1.93. The van der Waals surface area contributed by atoms with Crippen LogP contribution in [0.3, 0.4) is 0 Å². The highest BCUT2D eigenvalue weighted by molar-refractivity contribution is 5.58. The van der Waals surface area contributed by atoms with Gasteiger partial charge in [-0.2, -0.15) is 0 Å². The molecule has 2 N–H and O–H groups in total. The zero-order chi connectivity index (χ0) is 11.9. The summed E-state index contributed by atoms with van der Waals surface area (Å²) < 4.78 is 0. The van der Waals surface area contributed by atoms with Gasteiger partial charge in [-0.25, -0.2) is 0 Å². The molecular weight excluding hydrogens is 206 g/mol. The van der Waals surface area contributed by atoms with Crippen molar-refractivity contribution in [3.8, 4) is 0 Å². The van der Waals surface area contributed by atoms with Crippen molar-refractivity contribution < 1.29 is 0 Å². The molecule has 17 heavy (non-hydrogen) atoms. The molecule has 1 nitrogen and oxygen atoms in total. The van der Waals surface area contributed by atoms with E-state index in [1.165, 1.54) is 5.56 Å². The monoisotopic (exact) mass is 221 g/mol. The molecule has 0 atom stereocenters. The minimum absolute atomic E-state index is 0.793. The maximum Gasteiger partial charge on any atom is 0.0314 e. The fraction of sp³-hybridized carbons (Fsp3) is 0. The van der Waals surface area contributed by atoms with Gasteiger partial charge in [0.1, 0.15) is 0 Å². The van der Waals surface area contributed by atoms with Crippen molar-refractivity contribution in [1.82, 2.24) is 0 Å². The smallest absolute Gasteiger partial charge is 0.0314 e. The molecule has 0 radical (unpaired) electrons.